The lowest BCUT2D eigenvalue weighted by Crippen LogP contribution is -2.01. The fourth-order valence-electron chi connectivity index (χ4n) is 3.55. The van der Waals surface area contributed by atoms with Gasteiger partial charge in [-0.1, -0.05) is 60.2 Å². The standard InChI is InChI=1S/C24H18N2O2/c1-15-11-13-17(14-12-15)25-23-20-22(26-21(23)16-7-3-2-4-8-16)18-9-5-6-10-19(18)28-24(20)27/h2-14,25-26H,1H3. The van der Waals surface area contributed by atoms with E-state index in [2.05, 4.69) is 10.3 Å². The van der Waals surface area contributed by atoms with E-state index in [9.17, 15) is 4.79 Å². The average molecular weight is 366 g/mol. The number of fused-ring (bicyclic) bond motifs is 3. The molecule has 4 heteroatoms. The smallest absolute Gasteiger partial charge is 0.347 e. The summed E-state index contributed by atoms with van der Waals surface area (Å²) in [6.45, 7) is 2.05. The normalized spacial score (nSPS) is 11.2. The molecule has 2 heterocycles. The van der Waals surface area contributed by atoms with Crippen molar-refractivity contribution in [3.63, 3.8) is 0 Å². The third-order valence-electron chi connectivity index (χ3n) is 4.95. The van der Waals surface area contributed by atoms with Crippen LogP contribution in [0.1, 0.15) is 5.56 Å². The predicted octanol–water partition coefficient (Wildman–Crippen LogP) is 5.99. The van der Waals surface area contributed by atoms with Crippen LogP contribution in [0.25, 0.3) is 33.1 Å². The van der Waals surface area contributed by atoms with Gasteiger partial charge in [-0.15, -0.1) is 0 Å². The summed E-state index contributed by atoms with van der Waals surface area (Å²) in [7, 11) is 0. The number of para-hydroxylation sites is 1. The first-order chi connectivity index (χ1) is 13.7. The molecule has 5 aromatic rings. The number of hydrogen-bond donors (Lipinski definition) is 2. The summed E-state index contributed by atoms with van der Waals surface area (Å²) in [5.41, 5.74) is 5.67. The number of rotatable bonds is 3. The van der Waals surface area contributed by atoms with Crippen LogP contribution in [0.5, 0.6) is 0 Å². The lowest BCUT2D eigenvalue weighted by Gasteiger charge is -2.09. The number of aromatic amines is 1. The van der Waals surface area contributed by atoms with Crippen LogP contribution in [0.3, 0.4) is 0 Å². The number of nitrogens with one attached hydrogen (secondary N) is 2. The quantitative estimate of drug-likeness (QED) is 0.385. The average Bonchev–Trinajstić information content (AvgIpc) is 3.11. The molecule has 28 heavy (non-hydrogen) atoms. The number of benzene rings is 3. The van der Waals surface area contributed by atoms with Crippen LogP contribution in [0.15, 0.2) is 88.1 Å². The van der Waals surface area contributed by atoms with Gasteiger partial charge in [0.2, 0.25) is 0 Å². The van der Waals surface area contributed by atoms with Crippen LogP contribution in [-0.2, 0) is 0 Å². The summed E-state index contributed by atoms with van der Waals surface area (Å²) >= 11 is 0. The summed E-state index contributed by atoms with van der Waals surface area (Å²) in [6, 6.07) is 25.7. The third kappa shape index (κ3) is 2.67. The molecule has 0 unspecified atom stereocenters. The molecule has 136 valence electrons. The molecule has 0 radical (unpaired) electrons. The first kappa shape index (κ1) is 16.4. The topological polar surface area (TPSA) is 58.0 Å². The second kappa shape index (κ2) is 6.43. The van der Waals surface area contributed by atoms with Crippen LogP contribution in [0.4, 0.5) is 11.4 Å². The fraction of sp³-hybridized carbons (Fsp3) is 0.0417. The van der Waals surface area contributed by atoms with Crippen LogP contribution in [0.2, 0.25) is 0 Å². The molecule has 5 rings (SSSR count). The number of anilines is 2. The van der Waals surface area contributed by atoms with Crippen molar-refractivity contribution >= 4 is 33.2 Å². The molecule has 0 saturated heterocycles. The van der Waals surface area contributed by atoms with Gasteiger partial charge in [-0.25, -0.2) is 4.79 Å². The molecule has 0 amide bonds. The van der Waals surface area contributed by atoms with Gasteiger partial charge in [0.25, 0.3) is 0 Å². The zero-order valence-electron chi connectivity index (χ0n) is 15.3. The molecule has 4 nitrogen and oxygen atoms in total. The van der Waals surface area contributed by atoms with Crippen molar-refractivity contribution in [3.8, 4) is 11.3 Å². The Morgan fingerprint density at radius 3 is 2.36 bits per heavy atom. The largest absolute Gasteiger partial charge is 0.422 e. The molecule has 3 aromatic carbocycles. The van der Waals surface area contributed by atoms with E-state index < -0.39 is 0 Å². The highest BCUT2D eigenvalue weighted by Crippen LogP contribution is 2.37. The lowest BCUT2D eigenvalue weighted by molar-refractivity contribution is 0.570. The number of hydrogen-bond acceptors (Lipinski definition) is 3. The van der Waals surface area contributed by atoms with Gasteiger partial charge in [0.05, 0.1) is 16.9 Å². The van der Waals surface area contributed by atoms with Crippen LogP contribution >= 0.6 is 0 Å². The Hall–Kier alpha value is -3.79. The van der Waals surface area contributed by atoms with Gasteiger partial charge in [-0.05, 0) is 31.2 Å². The minimum Gasteiger partial charge on any atom is -0.422 e. The minimum atomic E-state index is -0.359. The number of aryl methyl sites for hydroxylation is 1. The maximum Gasteiger partial charge on any atom is 0.347 e. The summed E-state index contributed by atoms with van der Waals surface area (Å²) in [6.07, 6.45) is 0. The van der Waals surface area contributed by atoms with E-state index in [1.165, 1.54) is 5.56 Å². The van der Waals surface area contributed by atoms with E-state index in [0.29, 0.717) is 11.0 Å². The molecule has 2 aromatic heterocycles. The Bertz CT molecular complexity index is 1350. The lowest BCUT2D eigenvalue weighted by atomic mass is 10.1. The molecule has 0 atom stereocenters. The molecule has 2 N–H and O–H groups in total. The van der Waals surface area contributed by atoms with Crippen molar-refractivity contribution in [2.75, 3.05) is 5.32 Å². The van der Waals surface area contributed by atoms with Gasteiger partial charge in [0, 0.05) is 16.6 Å². The number of aromatic nitrogens is 1. The maximum atomic E-state index is 12.9. The van der Waals surface area contributed by atoms with Crippen LogP contribution < -0.4 is 10.9 Å². The Morgan fingerprint density at radius 1 is 0.857 bits per heavy atom. The zero-order valence-corrected chi connectivity index (χ0v) is 15.3. The third-order valence-corrected chi connectivity index (χ3v) is 4.95. The van der Waals surface area contributed by atoms with E-state index >= 15 is 0 Å². The SMILES string of the molecule is Cc1ccc(Nc2c(-c3ccccc3)[nH]c3c2c(=O)oc2ccccc23)cc1. The second-order valence-corrected chi connectivity index (χ2v) is 6.87. The summed E-state index contributed by atoms with van der Waals surface area (Å²) in [5.74, 6) is 0. The molecular formula is C24H18N2O2. The zero-order chi connectivity index (χ0) is 19.1. The Balaban J connectivity index is 1.83. The van der Waals surface area contributed by atoms with Gasteiger partial charge in [0.15, 0.2) is 0 Å². The molecule has 0 bridgehead atoms. The van der Waals surface area contributed by atoms with Gasteiger partial charge in [0.1, 0.15) is 11.0 Å². The second-order valence-electron chi connectivity index (χ2n) is 6.87. The number of H-pyrrole nitrogens is 1. The Kier molecular flexibility index (Phi) is 3.76. The predicted molar refractivity (Wildman–Crippen MR) is 114 cm³/mol. The van der Waals surface area contributed by atoms with Gasteiger partial charge >= 0.3 is 5.63 Å². The molecule has 0 saturated carbocycles. The van der Waals surface area contributed by atoms with Crippen LogP contribution in [-0.4, -0.2) is 4.98 Å². The highest BCUT2D eigenvalue weighted by atomic mass is 16.4. The summed E-state index contributed by atoms with van der Waals surface area (Å²) < 4.78 is 5.61. The molecular weight excluding hydrogens is 348 g/mol. The van der Waals surface area contributed by atoms with Crippen molar-refractivity contribution in [2.45, 2.75) is 6.92 Å². The van der Waals surface area contributed by atoms with E-state index in [0.717, 1.165) is 33.5 Å². The Labute approximate surface area is 161 Å². The van der Waals surface area contributed by atoms with Crippen LogP contribution in [0, 0.1) is 6.92 Å². The van der Waals surface area contributed by atoms with E-state index in [1.807, 2.05) is 85.8 Å². The first-order valence-corrected chi connectivity index (χ1v) is 9.17. The molecule has 0 aliphatic heterocycles. The maximum absolute atomic E-state index is 12.9. The molecule has 0 aliphatic rings. The van der Waals surface area contributed by atoms with E-state index in [4.69, 9.17) is 4.42 Å². The van der Waals surface area contributed by atoms with Crippen molar-refractivity contribution in [3.05, 3.63) is 94.8 Å². The van der Waals surface area contributed by atoms with Crippen molar-refractivity contribution in [2.24, 2.45) is 0 Å². The van der Waals surface area contributed by atoms with Gasteiger partial charge < -0.3 is 14.7 Å². The van der Waals surface area contributed by atoms with Crippen molar-refractivity contribution in [1.29, 1.82) is 0 Å². The van der Waals surface area contributed by atoms with Gasteiger partial charge in [-0.2, -0.15) is 0 Å². The molecule has 0 fully saturated rings. The monoisotopic (exact) mass is 366 g/mol. The molecule has 0 spiro atoms. The highest BCUT2D eigenvalue weighted by Gasteiger charge is 2.19. The molecule has 0 aliphatic carbocycles. The fourth-order valence-corrected chi connectivity index (χ4v) is 3.55. The summed E-state index contributed by atoms with van der Waals surface area (Å²) in [4.78, 5) is 16.3. The van der Waals surface area contributed by atoms with Crippen molar-refractivity contribution in [1.82, 2.24) is 4.98 Å². The highest BCUT2D eigenvalue weighted by molar-refractivity contribution is 6.11. The van der Waals surface area contributed by atoms with Gasteiger partial charge in [-0.3, -0.25) is 0 Å². The first-order valence-electron chi connectivity index (χ1n) is 9.17. The van der Waals surface area contributed by atoms with Crippen molar-refractivity contribution < 1.29 is 4.42 Å². The van der Waals surface area contributed by atoms with E-state index in [-0.39, 0.29) is 5.63 Å². The minimum absolute atomic E-state index is 0.359. The summed E-state index contributed by atoms with van der Waals surface area (Å²) in [5, 5.41) is 4.84. The Morgan fingerprint density at radius 2 is 1.57 bits per heavy atom. The van der Waals surface area contributed by atoms with E-state index in [1.54, 1.807) is 0 Å².